The second-order valence-electron chi connectivity index (χ2n) is 7.55. The van der Waals surface area contributed by atoms with Crippen LogP contribution in [0.1, 0.15) is 44.6 Å². The SMILES string of the molecule is C=C(C=CCCC)CCC(O)(c1ccccc1)C1CN2CCC1C2. The first-order valence-corrected chi connectivity index (χ1v) is 9.48. The van der Waals surface area contributed by atoms with E-state index in [4.69, 9.17) is 0 Å². The second kappa shape index (κ2) is 7.67. The highest BCUT2D eigenvalue weighted by Crippen LogP contribution is 2.46. The molecule has 2 heterocycles. The summed E-state index contributed by atoms with van der Waals surface area (Å²) in [5.41, 5.74) is 1.47. The Balaban J connectivity index is 1.74. The van der Waals surface area contributed by atoms with Crippen LogP contribution >= 0.6 is 0 Å². The molecule has 0 saturated carbocycles. The lowest BCUT2D eigenvalue weighted by Gasteiger charge is -2.39. The average molecular weight is 325 g/mol. The van der Waals surface area contributed by atoms with Gasteiger partial charge in [0.1, 0.15) is 0 Å². The summed E-state index contributed by atoms with van der Waals surface area (Å²) >= 11 is 0. The molecule has 2 nitrogen and oxygen atoms in total. The number of unbranched alkanes of at least 4 members (excludes halogenated alkanes) is 1. The molecule has 2 fully saturated rings. The molecule has 2 heteroatoms. The average Bonchev–Trinajstić information content (AvgIpc) is 3.24. The predicted molar refractivity (Wildman–Crippen MR) is 101 cm³/mol. The molecule has 2 aliphatic heterocycles. The van der Waals surface area contributed by atoms with Crippen LogP contribution in [0.15, 0.2) is 54.6 Å². The van der Waals surface area contributed by atoms with Gasteiger partial charge in [0, 0.05) is 19.0 Å². The van der Waals surface area contributed by atoms with Crippen molar-refractivity contribution in [2.45, 2.75) is 44.6 Å². The second-order valence-corrected chi connectivity index (χ2v) is 7.55. The van der Waals surface area contributed by atoms with E-state index in [1.165, 1.54) is 13.0 Å². The lowest BCUT2D eigenvalue weighted by atomic mass is 9.71. The van der Waals surface area contributed by atoms with Crippen molar-refractivity contribution in [1.29, 1.82) is 0 Å². The molecule has 2 saturated heterocycles. The van der Waals surface area contributed by atoms with E-state index in [0.717, 1.165) is 49.9 Å². The third-order valence-corrected chi connectivity index (χ3v) is 5.86. The Morgan fingerprint density at radius 1 is 1.33 bits per heavy atom. The standard InChI is InChI=1S/C22H31NO/c1-3-4-6-9-18(2)12-14-22(24,20-10-7-5-8-11-20)21-17-23-15-13-19(21)16-23/h5-11,19,21,24H,2-4,12-17H2,1H3. The fraction of sp³-hybridized carbons (Fsp3) is 0.545. The number of allylic oxidation sites excluding steroid dienone is 3. The summed E-state index contributed by atoms with van der Waals surface area (Å²) < 4.78 is 0. The number of hydrogen-bond donors (Lipinski definition) is 1. The van der Waals surface area contributed by atoms with Gasteiger partial charge in [-0.15, -0.1) is 0 Å². The molecule has 0 amide bonds. The lowest BCUT2D eigenvalue weighted by molar-refractivity contribution is -0.0493. The van der Waals surface area contributed by atoms with Crippen LogP contribution in [0.4, 0.5) is 0 Å². The molecule has 24 heavy (non-hydrogen) atoms. The number of benzene rings is 1. The van der Waals surface area contributed by atoms with E-state index in [-0.39, 0.29) is 0 Å². The highest BCUT2D eigenvalue weighted by molar-refractivity contribution is 5.26. The van der Waals surface area contributed by atoms with Crippen LogP contribution in [0.2, 0.25) is 0 Å². The largest absolute Gasteiger partial charge is 0.385 e. The fourth-order valence-electron chi connectivity index (χ4n) is 4.45. The summed E-state index contributed by atoms with van der Waals surface area (Å²) in [6.07, 6.45) is 9.46. The van der Waals surface area contributed by atoms with Crippen molar-refractivity contribution in [2.75, 3.05) is 19.6 Å². The van der Waals surface area contributed by atoms with E-state index in [9.17, 15) is 5.11 Å². The Morgan fingerprint density at radius 2 is 2.12 bits per heavy atom. The van der Waals surface area contributed by atoms with Crippen molar-refractivity contribution >= 4 is 0 Å². The van der Waals surface area contributed by atoms with Crippen LogP contribution in [0.3, 0.4) is 0 Å². The molecule has 0 aromatic heterocycles. The van der Waals surface area contributed by atoms with Crippen LogP contribution in [-0.2, 0) is 5.60 Å². The Labute approximate surface area is 146 Å². The number of fused-ring (bicyclic) bond motifs is 2. The predicted octanol–water partition coefficient (Wildman–Crippen LogP) is 4.52. The highest BCUT2D eigenvalue weighted by Gasteiger charge is 2.49. The van der Waals surface area contributed by atoms with Crippen molar-refractivity contribution in [2.24, 2.45) is 11.8 Å². The molecule has 2 aliphatic rings. The molecule has 1 N–H and O–H groups in total. The smallest absolute Gasteiger partial charge is 0.0943 e. The number of aliphatic hydroxyl groups is 1. The van der Waals surface area contributed by atoms with Crippen molar-refractivity contribution in [3.63, 3.8) is 0 Å². The molecule has 1 aromatic rings. The maximum absolute atomic E-state index is 11.7. The van der Waals surface area contributed by atoms with Crippen molar-refractivity contribution < 1.29 is 5.11 Å². The van der Waals surface area contributed by atoms with Crippen molar-refractivity contribution in [3.8, 4) is 0 Å². The molecule has 1 aromatic carbocycles. The van der Waals surface area contributed by atoms with Gasteiger partial charge in [-0.05, 0) is 43.7 Å². The Morgan fingerprint density at radius 3 is 2.75 bits per heavy atom. The maximum atomic E-state index is 11.7. The molecule has 130 valence electrons. The molecular weight excluding hydrogens is 294 g/mol. The van der Waals surface area contributed by atoms with Crippen LogP contribution < -0.4 is 0 Å². The summed E-state index contributed by atoms with van der Waals surface area (Å²) in [6, 6.07) is 10.3. The molecule has 4 unspecified atom stereocenters. The van der Waals surface area contributed by atoms with Gasteiger partial charge in [-0.25, -0.2) is 0 Å². The first-order valence-electron chi connectivity index (χ1n) is 9.48. The van der Waals surface area contributed by atoms with E-state index >= 15 is 0 Å². The third kappa shape index (κ3) is 3.65. The number of hydrogen-bond acceptors (Lipinski definition) is 2. The number of piperidine rings is 1. The van der Waals surface area contributed by atoms with Gasteiger partial charge >= 0.3 is 0 Å². The molecule has 2 bridgehead atoms. The minimum Gasteiger partial charge on any atom is -0.385 e. The molecule has 3 rings (SSSR count). The van der Waals surface area contributed by atoms with Gasteiger partial charge in [-0.1, -0.05) is 68.0 Å². The van der Waals surface area contributed by atoms with E-state index in [2.05, 4.69) is 42.7 Å². The van der Waals surface area contributed by atoms with E-state index in [0.29, 0.717) is 11.8 Å². The zero-order valence-electron chi connectivity index (χ0n) is 15.0. The van der Waals surface area contributed by atoms with Crippen LogP contribution in [-0.4, -0.2) is 29.6 Å². The van der Waals surface area contributed by atoms with Gasteiger partial charge < -0.3 is 10.0 Å². The van der Waals surface area contributed by atoms with Gasteiger partial charge in [0.2, 0.25) is 0 Å². The van der Waals surface area contributed by atoms with Gasteiger partial charge in [0.05, 0.1) is 5.60 Å². The van der Waals surface area contributed by atoms with Gasteiger partial charge in [-0.3, -0.25) is 0 Å². The summed E-state index contributed by atoms with van der Waals surface area (Å²) in [4.78, 5) is 2.51. The summed E-state index contributed by atoms with van der Waals surface area (Å²) in [6.45, 7) is 9.78. The molecule has 0 radical (unpaired) electrons. The monoisotopic (exact) mass is 325 g/mol. The molecular formula is C22H31NO. The summed E-state index contributed by atoms with van der Waals surface area (Å²) in [5.74, 6) is 0.986. The Kier molecular flexibility index (Phi) is 5.57. The zero-order chi connectivity index (χ0) is 17.0. The minimum atomic E-state index is -0.733. The van der Waals surface area contributed by atoms with Crippen molar-refractivity contribution in [1.82, 2.24) is 4.90 Å². The first kappa shape index (κ1) is 17.4. The normalized spacial score (nSPS) is 28.3. The Bertz CT molecular complexity index is 579. The van der Waals surface area contributed by atoms with E-state index in [1.807, 2.05) is 18.2 Å². The van der Waals surface area contributed by atoms with Crippen LogP contribution in [0.25, 0.3) is 0 Å². The summed E-state index contributed by atoms with van der Waals surface area (Å²) in [7, 11) is 0. The topological polar surface area (TPSA) is 23.5 Å². The van der Waals surface area contributed by atoms with Crippen molar-refractivity contribution in [3.05, 3.63) is 60.2 Å². The summed E-state index contributed by atoms with van der Waals surface area (Å²) in [5, 5.41) is 11.7. The minimum absolute atomic E-state index is 0.348. The molecule has 4 atom stereocenters. The number of nitrogens with zero attached hydrogens (tertiary/aromatic N) is 1. The van der Waals surface area contributed by atoms with Gasteiger partial charge in [-0.2, -0.15) is 0 Å². The van der Waals surface area contributed by atoms with E-state index in [1.54, 1.807) is 0 Å². The third-order valence-electron chi connectivity index (χ3n) is 5.86. The first-order chi connectivity index (χ1) is 11.6. The van der Waals surface area contributed by atoms with Gasteiger partial charge in [0.25, 0.3) is 0 Å². The maximum Gasteiger partial charge on any atom is 0.0943 e. The number of rotatable bonds is 8. The van der Waals surface area contributed by atoms with Crippen LogP contribution in [0.5, 0.6) is 0 Å². The van der Waals surface area contributed by atoms with Crippen LogP contribution in [0, 0.1) is 11.8 Å². The lowest BCUT2D eigenvalue weighted by Crippen LogP contribution is -2.42. The van der Waals surface area contributed by atoms with E-state index < -0.39 is 5.60 Å². The quantitative estimate of drug-likeness (QED) is 0.710. The highest BCUT2D eigenvalue weighted by atomic mass is 16.3. The molecule has 0 spiro atoms. The fourth-order valence-corrected chi connectivity index (χ4v) is 4.45. The van der Waals surface area contributed by atoms with Gasteiger partial charge in [0.15, 0.2) is 0 Å². The zero-order valence-corrected chi connectivity index (χ0v) is 15.0. The molecule has 0 aliphatic carbocycles. The Hall–Kier alpha value is -1.38.